The van der Waals surface area contributed by atoms with Crippen molar-refractivity contribution in [2.24, 2.45) is 0 Å². The van der Waals surface area contributed by atoms with Crippen molar-refractivity contribution < 1.29 is 26.3 Å². The van der Waals surface area contributed by atoms with Gasteiger partial charge in [-0.25, -0.2) is 26.3 Å². The normalized spacial score (nSPS) is 11.8. The Balaban J connectivity index is 2.67. The highest BCUT2D eigenvalue weighted by molar-refractivity contribution is 5.40. The molecular weight excluding hydrogens is 294 g/mol. The number of hydrogen-bond acceptors (Lipinski definition) is 0. The van der Waals surface area contributed by atoms with Gasteiger partial charge in [0.2, 0.25) is 0 Å². The molecule has 0 atom stereocenters. The summed E-state index contributed by atoms with van der Waals surface area (Å²) >= 11 is 0. The summed E-state index contributed by atoms with van der Waals surface area (Å²) in [5, 5.41) is 0. The van der Waals surface area contributed by atoms with E-state index in [-0.39, 0.29) is 11.1 Å². The largest absolute Gasteiger partial charge is 0.207 e. The molecule has 2 aromatic carbocycles. The summed E-state index contributed by atoms with van der Waals surface area (Å²) in [6.45, 7) is 2.58. The zero-order chi connectivity index (χ0) is 15.9. The number of rotatable bonds is 2. The Bertz CT molecular complexity index is 646. The van der Waals surface area contributed by atoms with E-state index < -0.39 is 40.3 Å². The van der Waals surface area contributed by atoms with Crippen molar-refractivity contribution in [2.45, 2.75) is 19.3 Å². The Hall–Kier alpha value is -1.98. The van der Waals surface area contributed by atoms with E-state index in [1.165, 1.54) is 13.8 Å². The van der Waals surface area contributed by atoms with Crippen LogP contribution in [0.25, 0.3) is 0 Å². The summed E-state index contributed by atoms with van der Waals surface area (Å²) in [5.74, 6) is -7.63. The highest BCUT2D eigenvalue weighted by atomic mass is 19.2. The van der Waals surface area contributed by atoms with Gasteiger partial charge >= 0.3 is 0 Å². The van der Waals surface area contributed by atoms with Crippen LogP contribution >= 0.6 is 0 Å². The van der Waals surface area contributed by atoms with Gasteiger partial charge in [0, 0.05) is 28.7 Å². The van der Waals surface area contributed by atoms with E-state index >= 15 is 0 Å². The third-order valence-corrected chi connectivity index (χ3v) is 3.37. The van der Waals surface area contributed by atoms with E-state index in [2.05, 4.69) is 0 Å². The Labute approximate surface area is 117 Å². The number of hydrogen-bond donors (Lipinski definition) is 0. The Morgan fingerprint density at radius 3 is 1.14 bits per heavy atom. The van der Waals surface area contributed by atoms with Crippen molar-refractivity contribution >= 4 is 0 Å². The van der Waals surface area contributed by atoms with Crippen LogP contribution in [-0.4, -0.2) is 0 Å². The third-order valence-electron chi connectivity index (χ3n) is 3.37. The maximum Gasteiger partial charge on any atom is 0.161 e. The standard InChI is InChI=1S/C15H10F6/c1-15(2,7-3-11(18)13(20)5-9(7)16)8-4-12(19)14(21)6-10(8)17/h3-6H,1-2H3. The fourth-order valence-corrected chi connectivity index (χ4v) is 2.15. The molecule has 0 saturated heterocycles. The number of halogens is 6. The van der Waals surface area contributed by atoms with Crippen LogP contribution in [0.5, 0.6) is 0 Å². The fourth-order valence-electron chi connectivity index (χ4n) is 2.15. The molecule has 0 heterocycles. The molecule has 0 radical (unpaired) electrons. The van der Waals surface area contributed by atoms with Crippen LogP contribution in [0.1, 0.15) is 25.0 Å². The van der Waals surface area contributed by atoms with Crippen molar-refractivity contribution in [3.05, 3.63) is 70.3 Å². The first kappa shape index (κ1) is 15.4. The second kappa shape index (κ2) is 5.09. The van der Waals surface area contributed by atoms with Crippen LogP contribution in [0.2, 0.25) is 0 Å². The fraction of sp³-hybridized carbons (Fsp3) is 0.200. The quantitative estimate of drug-likeness (QED) is 0.550. The second-order valence-electron chi connectivity index (χ2n) is 5.12. The third kappa shape index (κ3) is 2.62. The molecule has 0 aliphatic carbocycles. The second-order valence-corrected chi connectivity index (χ2v) is 5.12. The minimum atomic E-state index is -1.53. The highest BCUT2D eigenvalue weighted by Gasteiger charge is 2.31. The summed E-state index contributed by atoms with van der Waals surface area (Å²) in [7, 11) is 0. The van der Waals surface area contributed by atoms with Gasteiger partial charge in [0.25, 0.3) is 0 Å². The van der Waals surface area contributed by atoms with Crippen LogP contribution in [0.4, 0.5) is 26.3 Å². The van der Waals surface area contributed by atoms with E-state index in [1.54, 1.807) is 0 Å². The maximum absolute atomic E-state index is 13.8. The molecule has 0 nitrogen and oxygen atoms in total. The summed E-state index contributed by atoms with van der Waals surface area (Å²) < 4.78 is 80.1. The van der Waals surface area contributed by atoms with Gasteiger partial charge in [0.1, 0.15) is 11.6 Å². The monoisotopic (exact) mass is 304 g/mol. The first-order chi connectivity index (χ1) is 9.64. The van der Waals surface area contributed by atoms with Crippen LogP contribution in [0, 0.1) is 34.9 Å². The topological polar surface area (TPSA) is 0 Å². The lowest BCUT2D eigenvalue weighted by molar-refractivity contribution is 0.457. The average molecular weight is 304 g/mol. The Morgan fingerprint density at radius 1 is 0.524 bits per heavy atom. The van der Waals surface area contributed by atoms with Crippen molar-refractivity contribution in [3.63, 3.8) is 0 Å². The molecule has 0 N–H and O–H groups in total. The summed E-state index contributed by atoms with van der Waals surface area (Å²) in [5.41, 5.74) is -2.27. The van der Waals surface area contributed by atoms with E-state index in [4.69, 9.17) is 0 Å². The average Bonchev–Trinajstić information content (AvgIpc) is 2.37. The Kier molecular flexibility index (Phi) is 3.74. The van der Waals surface area contributed by atoms with E-state index in [9.17, 15) is 26.3 Å². The van der Waals surface area contributed by atoms with E-state index in [0.717, 1.165) is 0 Å². The number of benzene rings is 2. The van der Waals surface area contributed by atoms with Gasteiger partial charge in [0.15, 0.2) is 23.3 Å². The molecular formula is C15H10F6. The lowest BCUT2D eigenvalue weighted by Crippen LogP contribution is -2.23. The zero-order valence-electron chi connectivity index (χ0n) is 11.1. The zero-order valence-corrected chi connectivity index (χ0v) is 11.1. The molecule has 0 amide bonds. The minimum absolute atomic E-state index is 0.324. The predicted octanol–water partition coefficient (Wildman–Crippen LogP) is 4.85. The van der Waals surface area contributed by atoms with Crippen LogP contribution in [-0.2, 0) is 5.41 Å². The SMILES string of the molecule is CC(C)(c1cc(F)c(F)cc1F)c1cc(F)c(F)cc1F. The molecule has 0 aromatic heterocycles. The summed E-state index contributed by atoms with van der Waals surface area (Å²) in [6.07, 6.45) is 0. The summed E-state index contributed by atoms with van der Waals surface area (Å²) in [6, 6.07) is 1.80. The molecule has 0 saturated carbocycles. The minimum Gasteiger partial charge on any atom is -0.207 e. The highest BCUT2D eigenvalue weighted by Crippen LogP contribution is 2.36. The molecule has 0 spiro atoms. The first-order valence-corrected chi connectivity index (χ1v) is 5.94. The van der Waals surface area contributed by atoms with Crippen LogP contribution in [0.3, 0.4) is 0 Å². The lowest BCUT2D eigenvalue weighted by Gasteiger charge is -2.27. The van der Waals surface area contributed by atoms with Gasteiger partial charge in [-0.2, -0.15) is 0 Å². The Morgan fingerprint density at radius 2 is 0.810 bits per heavy atom. The van der Waals surface area contributed by atoms with E-state index in [0.29, 0.717) is 24.3 Å². The predicted molar refractivity (Wildman–Crippen MR) is 64.8 cm³/mol. The van der Waals surface area contributed by atoms with Crippen molar-refractivity contribution in [3.8, 4) is 0 Å². The van der Waals surface area contributed by atoms with Crippen LogP contribution < -0.4 is 0 Å². The van der Waals surface area contributed by atoms with Gasteiger partial charge in [-0.1, -0.05) is 13.8 Å². The van der Waals surface area contributed by atoms with Crippen molar-refractivity contribution in [1.29, 1.82) is 0 Å². The summed E-state index contributed by atoms with van der Waals surface area (Å²) in [4.78, 5) is 0. The van der Waals surface area contributed by atoms with Gasteiger partial charge in [-0.15, -0.1) is 0 Å². The van der Waals surface area contributed by atoms with Crippen molar-refractivity contribution in [1.82, 2.24) is 0 Å². The molecule has 112 valence electrons. The molecule has 0 fully saturated rings. The molecule has 0 unspecified atom stereocenters. The maximum atomic E-state index is 13.8. The van der Waals surface area contributed by atoms with Gasteiger partial charge < -0.3 is 0 Å². The first-order valence-electron chi connectivity index (χ1n) is 5.94. The molecule has 6 heteroatoms. The molecule has 0 aliphatic heterocycles. The van der Waals surface area contributed by atoms with Crippen LogP contribution in [0.15, 0.2) is 24.3 Å². The van der Waals surface area contributed by atoms with Crippen molar-refractivity contribution in [2.75, 3.05) is 0 Å². The molecule has 2 rings (SSSR count). The molecule has 0 aliphatic rings. The van der Waals surface area contributed by atoms with Gasteiger partial charge in [-0.3, -0.25) is 0 Å². The molecule has 2 aromatic rings. The molecule has 21 heavy (non-hydrogen) atoms. The van der Waals surface area contributed by atoms with E-state index in [1.807, 2.05) is 0 Å². The molecule has 0 bridgehead atoms. The lowest BCUT2D eigenvalue weighted by atomic mass is 9.77. The van der Waals surface area contributed by atoms with Gasteiger partial charge in [-0.05, 0) is 12.1 Å². The smallest absolute Gasteiger partial charge is 0.161 e. The van der Waals surface area contributed by atoms with Gasteiger partial charge in [0.05, 0.1) is 0 Å².